The number of amides is 2. The molecule has 4 nitrogen and oxygen atoms in total. The summed E-state index contributed by atoms with van der Waals surface area (Å²) in [5, 5.41) is 5.86. The SMILES string of the molecule is CCc1cccc(NC(=O)C(C)NC(=O)c2cccc(Cl)c2Cl)c1. The van der Waals surface area contributed by atoms with Gasteiger partial charge in [0.15, 0.2) is 0 Å². The average molecular weight is 365 g/mol. The second-order valence-corrected chi connectivity index (χ2v) is 6.12. The minimum Gasteiger partial charge on any atom is -0.340 e. The quantitative estimate of drug-likeness (QED) is 0.830. The molecule has 2 amide bonds. The molecule has 0 heterocycles. The first-order chi connectivity index (χ1) is 11.4. The van der Waals surface area contributed by atoms with Crippen molar-refractivity contribution in [3.8, 4) is 0 Å². The Kier molecular flexibility index (Phi) is 6.23. The molecule has 0 aliphatic carbocycles. The molecule has 2 rings (SSSR count). The zero-order valence-corrected chi connectivity index (χ0v) is 14.9. The van der Waals surface area contributed by atoms with Crippen molar-refractivity contribution in [1.82, 2.24) is 5.32 Å². The number of anilines is 1. The summed E-state index contributed by atoms with van der Waals surface area (Å²) >= 11 is 11.9. The van der Waals surface area contributed by atoms with Crippen LogP contribution in [0.3, 0.4) is 0 Å². The van der Waals surface area contributed by atoms with E-state index in [1.54, 1.807) is 31.2 Å². The molecule has 2 aromatic rings. The van der Waals surface area contributed by atoms with E-state index in [-0.39, 0.29) is 21.5 Å². The number of hydrogen-bond donors (Lipinski definition) is 2. The molecule has 0 radical (unpaired) electrons. The Balaban J connectivity index is 2.03. The smallest absolute Gasteiger partial charge is 0.253 e. The lowest BCUT2D eigenvalue weighted by atomic mass is 10.1. The summed E-state index contributed by atoms with van der Waals surface area (Å²) in [6.45, 7) is 3.65. The first-order valence-electron chi connectivity index (χ1n) is 7.57. The third kappa shape index (κ3) is 4.49. The maximum Gasteiger partial charge on any atom is 0.253 e. The average Bonchev–Trinajstić information content (AvgIpc) is 2.57. The van der Waals surface area contributed by atoms with E-state index in [2.05, 4.69) is 10.6 Å². The van der Waals surface area contributed by atoms with Crippen LogP contribution in [0.25, 0.3) is 0 Å². The van der Waals surface area contributed by atoms with E-state index in [4.69, 9.17) is 23.2 Å². The second-order valence-electron chi connectivity index (χ2n) is 5.34. The molecular formula is C18H18Cl2N2O2. The molecule has 6 heteroatoms. The molecule has 1 atom stereocenters. The van der Waals surface area contributed by atoms with Crippen molar-refractivity contribution < 1.29 is 9.59 Å². The molecule has 24 heavy (non-hydrogen) atoms. The Bertz CT molecular complexity index is 762. The van der Waals surface area contributed by atoms with Crippen LogP contribution in [-0.4, -0.2) is 17.9 Å². The highest BCUT2D eigenvalue weighted by Crippen LogP contribution is 2.25. The van der Waals surface area contributed by atoms with Crippen LogP contribution < -0.4 is 10.6 Å². The van der Waals surface area contributed by atoms with E-state index >= 15 is 0 Å². The van der Waals surface area contributed by atoms with Gasteiger partial charge in [-0.1, -0.05) is 48.3 Å². The summed E-state index contributed by atoms with van der Waals surface area (Å²) in [5.41, 5.74) is 2.05. The molecule has 0 aliphatic rings. The van der Waals surface area contributed by atoms with Gasteiger partial charge in [0.05, 0.1) is 15.6 Å². The molecular weight excluding hydrogens is 347 g/mol. The van der Waals surface area contributed by atoms with Crippen LogP contribution in [0.2, 0.25) is 10.0 Å². The van der Waals surface area contributed by atoms with Gasteiger partial charge in [-0.3, -0.25) is 9.59 Å². The van der Waals surface area contributed by atoms with Crippen molar-refractivity contribution in [2.24, 2.45) is 0 Å². The summed E-state index contributed by atoms with van der Waals surface area (Å²) in [6.07, 6.45) is 0.878. The lowest BCUT2D eigenvalue weighted by Crippen LogP contribution is -2.41. The number of carbonyl (C=O) groups is 2. The van der Waals surface area contributed by atoms with Crippen LogP contribution in [0.5, 0.6) is 0 Å². The van der Waals surface area contributed by atoms with Crippen LogP contribution >= 0.6 is 23.2 Å². The Morgan fingerprint density at radius 1 is 1.12 bits per heavy atom. The lowest BCUT2D eigenvalue weighted by Gasteiger charge is -2.15. The third-order valence-electron chi connectivity index (χ3n) is 3.54. The molecule has 2 N–H and O–H groups in total. The molecule has 0 aliphatic heterocycles. The van der Waals surface area contributed by atoms with E-state index in [9.17, 15) is 9.59 Å². The van der Waals surface area contributed by atoms with Crippen molar-refractivity contribution in [2.45, 2.75) is 26.3 Å². The number of carbonyl (C=O) groups excluding carboxylic acids is 2. The van der Waals surface area contributed by atoms with E-state index in [0.717, 1.165) is 12.0 Å². The molecule has 0 saturated heterocycles. The van der Waals surface area contributed by atoms with Crippen molar-refractivity contribution in [3.05, 3.63) is 63.6 Å². The third-order valence-corrected chi connectivity index (χ3v) is 4.36. The van der Waals surface area contributed by atoms with E-state index < -0.39 is 11.9 Å². The fourth-order valence-corrected chi connectivity index (χ4v) is 2.52. The number of nitrogens with one attached hydrogen (secondary N) is 2. The van der Waals surface area contributed by atoms with Crippen molar-refractivity contribution in [2.75, 3.05) is 5.32 Å². The topological polar surface area (TPSA) is 58.2 Å². The molecule has 0 aromatic heterocycles. The summed E-state index contributed by atoms with van der Waals surface area (Å²) in [4.78, 5) is 24.5. The van der Waals surface area contributed by atoms with Gasteiger partial charge in [0.2, 0.25) is 5.91 Å². The summed E-state index contributed by atoms with van der Waals surface area (Å²) in [5.74, 6) is -0.762. The van der Waals surface area contributed by atoms with Gasteiger partial charge in [0.25, 0.3) is 5.91 Å². The van der Waals surface area contributed by atoms with Crippen LogP contribution in [-0.2, 0) is 11.2 Å². The van der Waals surface area contributed by atoms with Crippen molar-refractivity contribution in [3.63, 3.8) is 0 Å². The highest BCUT2D eigenvalue weighted by Gasteiger charge is 2.19. The maximum atomic E-state index is 12.3. The summed E-state index contributed by atoms with van der Waals surface area (Å²) in [7, 11) is 0. The van der Waals surface area contributed by atoms with Crippen molar-refractivity contribution >= 4 is 40.7 Å². The fraction of sp³-hybridized carbons (Fsp3) is 0.222. The normalized spacial score (nSPS) is 11.7. The second kappa shape index (κ2) is 8.18. The number of rotatable bonds is 5. The standard InChI is InChI=1S/C18H18Cl2N2O2/c1-3-12-6-4-7-13(10-12)22-17(23)11(2)21-18(24)14-8-5-9-15(19)16(14)20/h4-11H,3H2,1-2H3,(H,21,24)(H,22,23). The summed E-state index contributed by atoms with van der Waals surface area (Å²) in [6, 6.07) is 11.6. The van der Waals surface area contributed by atoms with Crippen LogP contribution in [0.15, 0.2) is 42.5 Å². The van der Waals surface area contributed by atoms with Gasteiger partial charge in [-0.05, 0) is 43.2 Å². The van der Waals surface area contributed by atoms with Gasteiger partial charge in [-0.25, -0.2) is 0 Å². The van der Waals surface area contributed by atoms with E-state index in [1.165, 1.54) is 0 Å². The van der Waals surface area contributed by atoms with Gasteiger partial charge >= 0.3 is 0 Å². The zero-order chi connectivity index (χ0) is 17.7. The predicted octanol–water partition coefficient (Wildman–Crippen LogP) is 4.31. The molecule has 0 saturated carbocycles. The Morgan fingerprint density at radius 2 is 1.83 bits per heavy atom. The molecule has 1 unspecified atom stereocenters. The van der Waals surface area contributed by atoms with Gasteiger partial charge in [-0.2, -0.15) is 0 Å². The van der Waals surface area contributed by atoms with E-state index in [0.29, 0.717) is 5.69 Å². The Labute approximate surface area is 151 Å². The van der Waals surface area contributed by atoms with Gasteiger partial charge in [-0.15, -0.1) is 0 Å². The van der Waals surface area contributed by atoms with Gasteiger partial charge < -0.3 is 10.6 Å². The molecule has 0 spiro atoms. The number of hydrogen-bond acceptors (Lipinski definition) is 2. The number of halogens is 2. The minimum absolute atomic E-state index is 0.167. The Morgan fingerprint density at radius 3 is 2.54 bits per heavy atom. The van der Waals surface area contributed by atoms with Gasteiger partial charge in [0, 0.05) is 5.69 Å². The monoisotopic (exact) mass is 364 g/mol. The largest absolute Gasteiger partial charge is 0.340 e. The molecule has 0 bridgehead atoms. The van der Waals surface area contributed by atoms with Gasteiger partial charge in [0.1, 0.15) is 6.04 Å². The highest BCUT2D eigenvalue weighted by molar-refractivity contribution is 6.43. The highest BCUT2D eigenvalue weighted by atomic mass is 35.5. The van der Waals surface area contributed by atoms with E-state index in [1.807, 2.05) is 25.1 Å². The molecule has 2 aromatic carbocycles. The molecule has 126 valence electrons. The number of aryl methyl sites for hydroxylation is 1. The van der Waals surface area contributed by atoms with Crippen LogP contribution in [0.4, 0.5) is 5.69 Å². The number of benzene rings is 2. The Hall–Kier alpha value is -2.04. The minimum atomic E-state index is -0.724. The zero-order valence-electron chi connectivity index (χ0n) is 13.4. The maximum absolute atomic E-state index is 12.3. The van der Waals surface area contributed by atoms with Crippen LogP contribution in [0.1, 0.15) is 29.8 Å². The molecule has 0 fully saturated rings. The fourth-order valence-electron chi connectivity index (χ4n) is 2.14. The summed E-state index contributed by atoms with van der Waals surface area (Å²) < 4.78 is 0. The van der Waals surface area contributed by atoms with Crippen LogP contribution in [0, 0.1) is 0 Å². The lowest BCUT2D eigenvalue weighted by molar-refractivity contribution is -0.117. The first-order valence-corrected chi connectivity index (χ1v) is 8.32. The predicted molar refractivity (Wildman–Crippen MR) is 97.8 cm³/mol. The first kappa shape index (κ1) is 18.3. The van der Waals surface area contributed by atoms with Crippen molar-refractivity contribution in [1.29, 1.82) is 0 Å².